The maximum atomic E-state index is 12.5. The van der Waals surface area contributed by atoms with E-state index in [1.807, 2.05) is 26.0 Å². The topological polar surface area (TPSA) is 26.3 Å². The van der Waals surface area contributed by atoms with Crippen LogP contribution in [0.5, 0.6) is 0 Å². The summed E-state index contributed by atoms with van der Waals surface area (Å²) in [6, 6.07) is 3.94. The molecule has 0 atom stereocenters. The molecule has 1 heterocycles. The van der Waals surface area contributed by atoms with E-state index in [0.717, 1.165) is 30.6 Å². The largest absolute Gasteiger partial charge is 0.367 e. The van der Waals surface area contributed by atoms with Crippen molar-refractivity contribution >= 4 is 17.1 Å². The van der Waals surface area contributed by atoms with Crippen LogP contribution in [-0.4, -0.2) is 18.0 Å². The van der Waals surface area contributed by atoms with Crippen molar-refractivity contribution in [2.45, 2.75) is 45.1 Å². The lowest BCUT2D eigenvalue weighted by molar-refractivity contribution is -0.0160. The second-order valence-electron chi connectivity index (χ2n) is 4.37. The van der Waals surface area contributed by atoms with Gasteiger partial charge >= 0.3 is 0 Å². The van der Waals surface area contributed by atoms with Crippen molar-refractivity contribution in [1.82, 2.24) is 0 Å². The van der Waals surface area contributed by atoms with Crippen LogP contribution >= 0.6 is 11.3 Å². The van der Waals surface area contributed by atoms with E-state index in [-0.39, 0.29) is 5.78 Å². The summed E-state index contributed by atoms with van der Waals surface area (Å²) in [4.78, 5) is 14.5. The molecular weight excluding hydrogens is 220 g/mol. The molecule has 88 valence electrons. The second kappa shape index (κ2) is 4.68. The number of ether oxygens (including phenoxy) is 1. The summed E-state index contributed by atoms with van der Waals surface area (Å²) in [5.74, 6) is 0.199. The molecule has 1 fully saturated rings. The van der Waals surface area contributed by atoms with Crippen molar-refractivity contribution in [2.75, 3.05) is 6.61 Å². The summed E-state index contributed by atoms with van der Waals surface area (Å²) < 4.78 is 5.77. The molecule has 1 aromatic heterocycles. The molecule has 0 spiro atoms. The molecule has 16 heavy (non-hydrogen) atoms. The molecular formula is C13H18O2S. The van der Waals surface area contributed by atoms with Gasteiger partial charge in [-0.1, -0.05) is 0 Å². The molecule has 0 N–H and O–H groups in total. The Kier molecular flexibility index (Phi) is 3.45. The molecule has 0 bridgehead atoms. The Bertz CT molecular complexity index is 375. The van der Waals surface area contributed by atoms with Gasteiger partial charge in [-0.3, -0.25) is 4.79 Å². The lowest BCUT2D eigenvalue weighted by atomic mass is 9.95. The van der Waals surface area contributed by atoms with E-state index in [1.54, 1.807) is 11.3 Å². The zero-order valence-electron chi connectivity index (χ0n) is 9.91. The molecule has 2 rings (SSSR count). The molecule has 0 saturated heterocycles. The van der Waals surface area contributed by atoms with Crippen LogP contribution in [0.1, 0.15) is 47.2 Å². The van der Waals surface area contributed by atoms with Gasteiger partial charge in [0, 0.05) is 11.5 Å². The van der Waals surface area contributed by atoms with Crippen LogP contribution < -0.4 is 0 Å². The highest BCUT2D eigenvalue weighted by Crippen LogP contribution is 2.37. The van der Waals surface area contributed by atoms with Crippen LogP contribution in [0.2, 0.25) is 0 Å². The zero-order valence-corrected chi connectivity index (χ0v) is 10.7. The van der Waals surface area contributed by atoms with Crippen molar-refractivity contribution in [2.24, 2.45) is 0 Å². The SMILES string of the molecule is CCOC1(C(=O)c2ccc(C)s2)CCCC1. The van der Waals surface area contributed by atoms with E-state index in [0.29, 0.717) is 6.61 Å². The van der Waals surface area contributed by atoms with Crippen LogP contribution in [0.3, 0.4) is 0 Å². The normalized spacial score (nSPS) is 18.9. The molecule has 2 nitrogen and oxygen atoms in total. The first-order valence-corrected chi connectivity index (χ1v) is 6.75. The summed E-state index contributed by atoms with van der Waals surface area (Å²) in [5, 5.41) is 0. The Hall–Kier alpha value is -0.670. The summed E-state index contributed by atoms with van der Waals surface area (Å²) in [7, 11) is 0. The highest BCUT2D eigenvalue weighted by Gasteiger charge is 2.42. The lowest BCUT2D eigenvalue weighted by Gasteiger charge is -2.26. The van der Waals surface area contributed by atoms with Gasteiger partial charge in [0.2, 0.25) is 5.78 Å². The van der Waals surface area contributed by atoms with Crippen LogP contribution in [0.25, 0.3) is 0 Å². The molecule has 1 aliphatic rings. The van der Waals surface area contributed by atoms with E-state index in [4.69, 9.17) is 4.74 Å². The van der Waals surface area contributed by atoms with Crippen molar-refractivity contribution in [3.05, 3.63) is 21.9 Å². The number of thiophene rings is 1. The molecule has 1 saturated carbocycles. The maximum Gasteiger partial charge on any atom is 0.204 e. The summed E-state index contributed by atoms with van der Waals surface area (Å²) in [5.41, 5.74) is -0.508. The quantitative estimate of drug-likeness (QED) is 0.749. The molecule has 3 heteroatoms. The van der Waals surface area contributed by atoms with Crippen LogP contribution in [0.4, 0.5) is 0 Å². The van der Waals surface area contributed by atoms with Crippen LogP contribution in [-0.2, 0) is 4.74 Å². The predicted molar refractivity (Wildman–Crippen MR) is 66.2 cm³/mol. The third kappa shape index (κ3) is 2.06. The molecule has 1 aliphatic carbocycles. The fourth-order valence-electron chi connectivity index (χ4n) is 2.44. The minimum absolute atomic E-state index is 0.199. The first-order chi connectivity index (χ1) is 7.68. The molecule has 0 amide bonds. The average molecular weight is 238 g/mol. The lowest BCUT2D eigenvalue weighted by Crippen LogP contribution is -2.38. The van der Waals surface area contributed by atoms with Gasteiger partial charge in [0.25, 0.3) is 0 Å². The third-order valence-corrected chi connectivity index (χ3v) is 4.21. The van der Waals surface area contributed by atoms with Crippen molar-refractivity contribution in [3.63, 3.8) is 0 Å². The van der Waals surface area contributed by atoms with Crippen molar-refractivity contribution in [1.29, 1.82) is 0 Å². The fourth-order valence-corrected chi connectivity index (χ4v) is 3.34. The zero-order chi connectivity index (χ0) is 11.6. The van der Waals surface area contributed by atoms with Crippen LogP contribution in [0.15, 0.2) is 12.1 Å². The van der Waals surface area contributed by atoms with Gasteiger partial charge in [0.05, 0.1) is 4.88 Å². The van der Waals surface area contributed by atoms with E-state index in [9.17, 15) is 4.79 Å². The van der Waals surface area contributed by atoms with Gasteiger partial charge in [-0.25, -0.2) is 0 Å². The number of hydrogen-bond donors (Lipinski definition) is 0. The van der Waals surface area contributed by atoms with Crippen LogP contribution in [0, 0.1) is 6.92 Å². The minimum atomic E-state index is -0.508. The van der Waals surface area contributed by atoms with Gasteiger partial charge < -0.3 is 4.74 Å². The Morgan fingerprint density at radius 1 is 1.44 bits per heavy atom. The second-order valence-corrected chi connectivity index (χ2v) is 5.66. The summed E-state index contributed by atoms with van der Waals surface area (Å²) >= 11 is 1.58. The standard InChI is InChI=1S/C13H18O2S/c1-3-15-13(8-4-5-9-13)12(14)11-7-6-10(2)16-11/h6-7H,3-5,8-9H2,1-2H3. The molecule has 1 aromatic rings. The van der Waals surface area contributed by atoms with Crippen molar-refractivity contribution < 1.29 is 9.53 Å². The van der Waals surface area contributed by atoms with Crippen molar-refractivity contribution in [3.8, 4) is 0 Å². The number of carbonyl (C=O) groups is 1. The smallest absolute Gasteiger partial charge is 0.204 e. The molecule has 0 aromatic carbocycles. The van der Waals surface area contributed by atoms with Gasteiger partial charge in [-0.15, -0.1) is 11.3 Å². The average Bonchev–Trinajstić information content (AvgIpc) is 2.87. The summed E-state index contributed by atoms with van der Waals surface area (Å²) in [6.07, 6.45) is 3.99. The Morgan fingerprint density at radius 2 is 2.12 bits per heavy atom. The van der Waals surface area contributed by atoms with Gasteiger partial charge in [0.15, 0.2) is 0 Å². The van der Waals surface area contributed by atoms with E-state index < -0.39 is 5.60 Å². The number of carbonyl (C=O) groups excluding carboxylic acids is 1. The maximum absolute atomic E-state index is 12.5. The number of ketones is 1. The van der Waals surface area contributed by atoms with E-state index in [2.05, 4.69) is 0 Å². The Morgan fingerprint density at radius 3 is 2.62 bits per heavy atom. The van der Waals surface area contributed by atoms with Gasteiger partial charge in [-0.05, 0) is 51.7 Å². The highest BCUT2D eigenvalue weighted by molar-refractivity contribution is 7.14. The minimum Gasteiger partial charge on any atom is -0.367 e. The van der Waals surface area contributed by atoms with E-state index in [1.165, 1.54) is 4.88 Å². The fraction of sp³-hybridized carbons (Fsp3) is 0.615. The predicted octanol–water partition coefficient (Wildman–Crippen LogP) is 3.59. The monoisotopic (exact) mass is 238 g/mol. The number of aryl methyl sites for hydroxylation is 1. The molecule has 0 aliphatic heterocycles. The van der Waals surface area contributed by atoms with Gasteiger partial charge in [0.1, 0.15) is 5.60 Å². The first kappa shape index (κ1) is 11.8. The third-order valence-electron chi connectivity index (χ3n) is 3.21. The molecule has 0 radical (unpaired) electrons. The number of Topliss-reactive ketones (excluding diaryl/α,β-unsaturated/α-hetero) is 1. The van der Waals surface area contributed by atoms with E-state index >= 15 is 0 Å². The summed E-state index contributed by atoms with van der Waals surface area (Å²) in [6.45, 7) is 4.62. The Labute approximate surface area is 101 Å². The highest BCUT2D eigenvalue weighted by atomic mass is 32.1. The number of rotatable bonds is 4. The van der Waals surface area contributed by atoms with Gasteiger partial charge in [-0.2, -0.15) is 0 Å². The number of hydrogen-bond acceptors (Lipinski definition) is 3. The Balaban J connectivity index is 2.23. The first-order valence-electron chi connectivity index (χ1n) is 5.93. The molecule has 0 unspecified atom stereocenters.